The van der Waals surface area contributed by atoms with Crippen molar-refractivity contribution < 1.29 is 14.7 Å². The van der Waals surface area contributed by atoms with Crippen molar-refractivity contribution in [1.82, 2.24) is 24.9 Å². The molecule has 1 amide bonds. The van der Waals surface area contributed by atoms with Crippen molar-refractivity contribution in [2.45, 2.75) is 19.4 Å². The van der Waals surface area contributed by atoms with Gasteiger partial charge in [0.2, 0.25) is 5.91 Å². The lowest BCUT2D eigenvalue weighted by Crippen LogP contribution is -2.36. The number of carbonyl (C=O) groups excluding carboxylic acids is 1. The fourth-order valence-corrected chi connectivity index (χ4v) is 3.34. The van der Waals surface area contributed by atoms with E-state index >= 15 is 0 Å². The molecule has 4 rings (SSSR count). The van der Waals surface area contributed by atoms with E-state index in [0.717, 1.165) is 12.8 Å². The molecule has 0 bridgehead atoms. The number of amides is 1. The molecule has 1 aromatic carbocycles. The highest BCUT2D eigenvalue weighted by molar-refractivity contribution is 5.85. The molecule has 0 aliphatic carbocycles. The van der Waals surface area contributed by atoms with Crippen LogP contribution in [-0.4, -0.2) is 55.0 Å². The topological polar surface area (TPSA) is 101 Å². The Labute approximate surface area is 161 Å². The molecule has 0 saturated carbocycles. The molecule has 0 saturated heterocycles. The maximum absolute atomic E-state index is 12.7. The third kappa shape index (κ3) is 3.75. The first-order chi connectivity index (χ1) is 13.6. The number of aromatic carboxylic acids is 1. The number of benzene rings is 1. The molecular weight excluding hydrogens is 358 g/mol. The van der Waals surface area contributed by atoms with E-state index in [4.69, 9.17) is 5.11 Å². The van der Waals surface area contributed by atoms with Gasteiger partial charge in [-0.05, 0) is 36.1 Å². The van der Waals surface area contributed by atoms with Gasteiger partial charge in [-0.15, -0.1) is 5.10 Å². The Kier molecular flexibility index (Phi) is 4.84. The third-order valence-corrected chi connectivity index (χ3v) is 4.89. The summed E-state index contributed by atoms with van der Waals surface area (Å²) in [6.07, 6.45) is 4.81. The second kappa shape index (κ2) is 7.59. The van der Waals surface area contributed by atoms with E-state index in [9.17, 15) is 9.59 Å². The van der Waals surface area contributed by atoms with Gasteiger partial charge in [0.05, 0.1) is 6.20 Å². The van der Waals surface area contributed by atoms with Crippen LogP contribution in [0.4, 0.5) is 0 Å². The summed E-state index contributed by atoms with van der Waals surface area (Å²) in [6.45, 7) is 1.50. The van der Waals surface area contributed by atoms with E-state index in [2.05, 4.69) is 27.4 Å². The molecule has 1 aliphatic heterocycles. The molecule has 0 radical (unpaired) electrons. The zero-order chi connectivity index (χ0) is 19.5. The minimum atomic E-state index is -1.08. The molecule has 3 aromatic rings. The van der Waals surface area contributed by atoms with Crippen LogP contribution in [0.15, 0.2) is 48.8 Å². The maximum Gasteiger partial charge on any atom is 0.354 e. The van der Waals surface area contributed by atoms with E-state index in [-0.39, 0.29) is 18.1 Å². The van der Waals surface area contributed by atoms with Crippen molar-refractivity contribution in [2.75, 3.05) is 13.1 Å². The Bertz CT molecular complexity index is 986. The Morgan fingerprint density at radius 3 is 2.36 bits per heavy atom. The molecule has 8 nitrogen and oxygen atoms in total. The Morgan fingerprint density at radius 2 is 1.75 bits per heavy atom. The average molecular weight is 377 g/mol. The first-order valence-electron chi connectivity index (χ1n) is 9.04. The number of hydrogen-bond donors (Lipinski definition) is 1. The smallest absolute Gasteiger partial charge is 0.354 e. The van der Waals surface area contributed by atoms with Crippen LogP contribution < -0.4 is 0 Å². The lowest BCUT2D eigenvalue weighted by Gasteiger charge is -2.19. The van der Waals surface area contributed by atoms with Gasteiger partial charge in [-0.2, -0.15) is 0 Å². The first-order valence-corrected chi connectivity index (χ1v) is 9.04. The number of pyridine rings is 1. The Balaban J connectivity index is 1.41. The predicted molar refractivity (Wildman–Crippen MR) is 101 cm³/mol. The van der Waals surface area contributed by atoms with Crippen molar-refractivity contribution in [3.63, 3.8) is 0 Å². The zero-order valence-electron chi connectivity index (χ0n) is 15.2. The standard InChI is InChI=1S/C20H19N5O3/c26-19(24-9-7-14-3-1-2-4-15(14)8-10-24)13-25-12-18(22-23-25)16-5-6-17(20(27)28)21-11-16/h1-6,11-12H,7-10,13H2,(H,27,28). The van der Waals surface area contributed by atoms with Crippen LogP contribution >= 0.6 is 0 Å². The lowest BCUT2D eigenvalue weighted by atomic mass is 10.0. The van der Waals surface area contributed by atoms with Gasteiger partial charge >= 0.3 is 5.97 Å². The second-order valence-corrected chi connectivity index (χ2v) is 6.69. The fourth-order valence-electron chi connectivity index (χ4n) is 3.34. The van der Waals surface area contributed by atoms with Crippen LogP contribution in [0.5, 0.6) is 0 Å². The number of carboxylic acids is 1. The van der Waals surface area contributed by atoms with E-state index in [1.54, 1.807) is 12.3 Å². The highest BCUT2D eigenvalue weighted by Crippen LogP contribution is 2.17. The second-order valence-electron chi connectivity index (χ2n) is 6.69. The summed E-state index contributed by atoms with van der Waals surface area (Å²) in [6, 6.07) is 11.3. The number of fused-ring (bicyclic) bond motifs is 1. The number of hydrogen-bond acceptors (Lipinski definition) is 5. The van der Waals surface area contributed by atoms with E-state index in [0.29, 0.717) is 24.3 Å². The highest BCUT2D eigenvalue weighted by atomic mass is 16.4. The van der Waals surface area contributed by atoms with Crippen LogP contribution in [0, 0.1) is 0 Å². The van der Waals surface area contributed by atoms with Crippen LogP contribution in [0.25, 0.3) is 11.3 Å². The van der Waals surface area contributed by atoms with Crippen LogP contribution in [0.2, 0.25) is 0 Å². The van der Waals surface area contributed by atoms with Gasteiger partial charge in [0.25, 0.3) is 0 Å². The van der Waals surface area contributed by atoms with Crippen LogP contribution in [0.1, 0.15) is 21.6 Å². The van der Waals surface area contributed by atoms with Crippen molar-refractivity contribution in [1.29, 1.82) is 0 Å². The summed E-state index contributed by atoms with van der Waals surface area (Å²) in [4.78, 5) is 29.3. The summed E-state index contributed by atoms with van der Waals surface area (Å²) in [5.74, 6) is -1.08. The van der Waals surface area contributed by atoms with Crippen molar-refractivity contribution >= 4 is 11.9 Å². The minimum absolute atomic E-state index is 0.00334. The Morgan fingerprint density at radius 1 is 1.04 bits per heavy atom. The van der Waals surface area contributed by atoms with Gasteiger partial charge in [0, 0.05) is 24.8 Å². The minimum Gasteiger partial charge on any atom is -0.477 e. The monoisotopic (exact) mass is 377 g/mol. The molecule has 0 fully saturated rings. The number of aromatic nitrogens is 4. The largest absolute Gasteiger partial charge is 0.477 e. The van der Waals surface area contributed by atoms with Crippen molar-refractivity contribution in [3.05, 3.63) is 65.6 Å². The molecule has 1 N–H and O–H groups in total. The van der Waals surface area contributed by atoms with Crippen molar-refractivity contribution in [3.8, 4) is 11.3 Å². The van der Waals surface area contributed by atoms with E-state index in [1.807, 2.05) is 17.0 Å². The van der Waals surface area contributed by atoms with Gasteiger partial charge < -0.3 is 10.0 Å². The number of carbonyl (C=O) groups is 2. The predicted octanol–water partition coefficient (Wildman–Crippen LogP) is 1.67. The lowest BCUT2D eigenvalue weighted by molar-refractivity contribution is -0.131. The fraction of sp³-hybridized carbons (Fsp3) is 0.250. The highest BCUT2D eigenvalue weighted by Gasteiger charge is 2.19. The van der Waals surface area contributed by atoms with Gasteiger partial charge in [-0.25, -0.2) is 14.5 Å². The molecule has 1 aliphatic rings. The number of rotatable bonds is 4. The molecule has 28 heavy (non-hydrogen) atoms. The summed E-state index contributed by atoms with van der Waals surface area (Å²) in [5.41, 5.74) is 3.76. The zero-order valence-corrected chi connectivity index (χ0v) is 15.2. The molecule has 0 unspecified atom stereocenters. The van der Waals surface area contributed by atoms with Crippen molar-refractivity contribution in [2.24, 2.45) is 0 Å². The van der Waals surface area contributed by atoms with Gasteiger partial charge in [0.15, 0.2) is 0 Å². The van der Waals surface area contributed by atoms with Gasteiger partial charge in [-0.1, -0.05) is 29.5 Å². The molecular formula is C20H19N5O3. The summed E-state index contributed by atoms with van der Waals surface area (Å²) in [5, 5.41) is 17.0. The molecule has 0 spiro atoms. The normalized spacial score (nSPS) is 13.6. The molecule has 3 heterocycles. The van der Waals surface area contributed by atoms with Crippen LogP contribution in [-0.2, 0) is 24.2 Å². The number of carboxylic acid groups (broad SMARTS) is 1. The summed E-state index contributed by atoms with van der Waals surface area (Å²) >= 11 is 0. The van der Waals surface area contributed by atoms with Gasteiger partial charge in [0.1, 0.15) is 17.9 Å². The molecule has 142 valence electrons. The summed E-state index contributed by atoms with van der Waals surface area (Å²) in [7, 11) is 0. The molecule has 8 heteroatoms. The first kappa shape index (κ1) is 17.8. The maximum atomic E-state index is 12.7. The molecule has 0 atom stereocenters. The third-order valence-electron chi connectivity index (χ3n) is 4.89. The average Bonchev–Trinajstić information content (AvgIpc) is 3.06. The SMILES string of the molecule is O=C(O)c1ccc(-c2cn(CC(=O)N3CCc4ccccc4CC3)nn2)cn1. The van der Waals surface area contributed by atoms with E-state index < -0.39 is 5.97 Å². The van der Waals surface area contributed by atoms with E-state index in [1.165, 1.54) is 28.1 Å². The Hall–Kier alpha value is -3.55. The summed E-state index contributed by atoms with van der Waals surface area (Å²) < 4.78 is 1.50. The van der Waals surface area contributed by atoms with Gasteiger partial charge in [-0.3, -0.25) is 4.79 Å². The molecule has 2 aromatic heterocycles. The number of nitrogens with zero attached hydrogens (tertiary/aromatic N) is 5. The quantitative estimate of drug-likeness (QED) is 0.742. The van der Waals surface area contributed by atoms with Crippen LogP contribution in [0.3, 0.4) is 0 Å².